The van der Waals surface area contributed by atoms with Crippen LogP contribution in [-0.4, -0.2) is 30.6 Å². The van der Waals surface area contributed by atoms with Gasteiger partial charge in [-0.1, -0.05) is 53.5 Å². The van der Waals surface area contributed by atoms with Crippen molar-refractivity contribution in [2.45, 2.75) is 18.7 Å². The summed E-state index contributed by atoms with van der Waals surface area (Å²) in [5, 5.41) is 23.0. The highest BCUT2D eigenvalue weighted by Gasteiger charge is 2.23. The molecule has 196 valence electrons. The number of ether oxygens (including phenoxy) is 1. The second kappa shape index (κ2) is 11.0. The summed E-state index contributed by atoms with van der Waals surface area (Å²) in [6, 6.07) is 15.9. The van der Waals surface area contributed by atoms with Gasteiger partial charge >= 0.3 is 0 Å². The highest BCUT2D eigenvalue weighted by Crippen LogP contribution is 2.41. The van der Waals surface area contributed by atoms with Crippen LogP contribution < -0.4 is 10.1 Å². The van der Waals surface area contributed by atoms with Crippen molar-refractivity contribution in [2.24, 2.45) is 10.2 Å². The molecule has 0 atom stereocenters. The molecule has 0 bridgehead atoms. The Labute approximate surface area is 228 Å². The molecule has 0 aliphatic rings. The van der Waals surface area contributed by atoms with Crippen LogP contribution in [0.5, 0.6) is 11.5 Å². The number of fused-ring (bicyclic) bond motifs is 1. The van der Waals surface area contributed by atoms with Gasteiger partial charge in [0.05, 0.1) is 22.9 Å². The van der Waals surface area contributed by atoms with E-state index < -0.39 is 26.7 Å². The molecule has 4 rings (SSSR count). The molecule has 0 spiro atoms. The average molecular weight is 574 g/mol. The van der Waals surface area contributed by atoms with E-state index in [1.54, 1.807) is 50.2 Å². The Kier molecular flexibility index (Phi) is 7.89. The molecule has 0 fully saturated rings. The standard InChI is InChI=1S/C26H21Cl2N3O6S/c1-3-37-21-11-9-16(27)13-20(21)29-26(33)18-12-15-6-4-5-7-17(15)23(24(18)32)31-30-19-10-8-14(2)22(28)25(19)38(34,35)36/h4-13,32H,3H2,1-2H3,(H,29,33)(H,34,35,36). The lowest BCUT2D eigenvalue weighted by molar-refractivity contribution is 0.102. The molecule has 0 radical (unpaired) electrons. The maximum atomic E-state index is 13.3. The summed E-state index contributed by atoms with van der Waals surface area (Å²) in [6.07, 6.45) is 0. The number of hydrogen-bond acceptors (Lipinski definition) is 7. The van der Waals surface area contributed by atoms with Gasteiger partial charge in [-0.2, -0.15) is 8.42 Å². The fraction of sp³-hybridized carbons (Fsp3) is 0.115. The number of amides is 1. The number of phenolic OH excluding ortho intramolecular Hbond substituents is 1. The number of nitrogens with zero attached hydrogens (tertiary/aromatic N) is 2. The minimum Gasteiger partial charge on any atom is -0.505 e. The molecular formula is C26H21Cl2N3O6S. The Morgan fingerprint density at radius 1 is 1.05 bits per heavy atom. The van der Waals surface area contributed by atoms with Crippen LogP contribution in [0.1, 0.15) is 22.8 Å². The fourth-order valence-corrected chi connectivity index (χ4v) is 5.12. The number of halogens is 2. The van der Waals surface area contributed by atoms with E-state index in [1.165, 1.54) is 24.3 Å². The lowest BCUT2D eigenvalue weighted by Gasteiger charge is -2.14. The predicted octanol–water partition coefficient (Wildman–Crippen LogP) is 7.47. The van der Waals surface area contributed by atoms with Gasteiger partial charge in [-0.05, 0) is 55.1 Å². The second-order valence-corrected chi connectivity index (χ2v) is 10.3. The van der Waals surface area contributed by atoms with Gasteiger partial charge in [-0.3, -0.25) is 9.35 Å². The molecule has 4 aromatic carbocycles. The van der Waals surface area contributed by atoms with Crippen LogP contribution in [-0.2, 0) is 10.1 Å². The van der Waals surface area contributed by atoms with Gasteiger partial charge in [-0.25, -0.2) is 0 Å². The minimum atomic E-state index is -4.75. The van der Waals surface area contributed by atoms with Crippen molar-refractivity contribution in [3.05, 3.63) is 81.8 Å². The number of benzene rings is 4. The molecule has 38 heavy (non-hydrogen) atoms. The largest absolute Gasteiger partial charge is 0.505 e. The molecular weight excluding hydrogens is 553 g/mol. The van der Waals surface area contributed by atoms with Crippen molar-refractivity contribution in [3.63, 3.8) is 0 Å². The van der Waals surface area contributed by atoms with E-state index in [0.29, 0.717) is 39.4 Å². The van der Waals surface area contributed by atoms with Crippen LogP contribution >= 0.6 is 23.2 Å². The number of hydrogen-bond donors (Lipinski definition) is 3. The summed E-state index contributed by atoms with van der Waals surface area (Å²) in [6.45, 7) is 3.71. The smallest absolute Gasteiger partial charge is 0.298 e. The highest BCUT2D eigenvalue weighted by atomic mass is 35.5. The Morgan fingerprint density at radius 3 is 2.50 bits per heavy atom. The molecule has 9 nitrogen and oxygen atoms in total. The van der Waals surface area contributed by atoms with Gasteiger partial charge in [0.25, 0.3) is 16.0 Å². The molecule has 0 aliphatic carbocycles. The third-order valence-corrected chi connectivity index (χ3v) is 7.28. The van der Waals surface area contributed by atoms with E-state index in [-0.39, 0.29) is 22.0 Å². The van der Waals surface area contributed by atoms with E-state index in [9.17, 15) is 22.9 Å². The Morgan fingerprint density at radius 2 is 1.79 bits per heavy atom. The predicted molar refractivity (Wildman–Crippen MR) is 146 cm³/mol. The maximum absolute atomic E-state index is 13.3. The van der Waals surface area contributed by atoms with Gasteiger partial charge in [0.1, 0.15) is 22.0 Å². The summed E-state index contributed by atoms with van der Waals surface area (Å²) in [5.41, 5.74) is 0.228. The zero-order chi connectivity index (χ0) is 27.6. The fourth-order valence-electron chi connectivity index (χ4n) is 3.74. The van der Waals surface area contributed by atoms with Gasteiger partial charge in [0.2, 0.25) is 0 Å². The number of nitrogens with one attached hydrogen (secondary N) is 1. The topological polar surface area (TPSA) is 138 Å². The molecule has 12 heteroatoms. The van der Waals surface area contributed by atoms with Crippen LogP contribution in [0.15, 0.2) is 75.8 Å². The number of carbonyl (C=O) groups is 1. The lowest BCUT2D eigenvalue weighted by Crippen LogP contribution is -2.13. The Hall–Kier alpha value is -3.70. The van der Waals surface area contributed by atoms with Crippen molar-refractivity contribution in [1.82, 2.24) is 0 Å². The van der Waals surface area contributed by atoms with Gasteiger partial charge in [-0.15, -0.1) is 10.2 Å². The first-order valence-electron chi connectivity index (χ1n) is 11.2. The number of phenols is 1. The molecule has 0 saturated heterocycles. The third kappa shape index (κ3) is 5.58. The quantitative estimate of drug-likeness (QED) is 0.155. The van der Waals surface area contributed by atoms with Crippen molar-refractivity contribution < 1.29 is 27.6 Å². The summed E-state index contributed by atoms with van der Waals surface area (Å²) < 4.78 is 39.2. The van der Waals surface area contributed by atoms with E-state index >= 15 is 0 Å². The SMILES string of the molecule is CCOc1ccc(Cl)cc1NC(=O)c1cc2ccccc2c(N=Nc2ccc(C)c(Cl)c2S(=O)(=O)O)c1O. The monoisotopic (exact) mass is 573 g/mol. The van der Waals surface area contributed by atoms with Crippen LogP contribution in [0.25, 0.3) is 10.8 Å². The third-order valence-electron chi connectivity index (χ3n) is 5.51. The number of anilines is 1. The van der Waals surface area contributed by atoms with E-state index in [4.69, 9.17) is 27.9 Å². The Bertz CT molecular complexity index is 1710. The van der Waals surface area contributed by atoms with E-state index in [1.807, 2.05) is 0 Å². The summed E-state index contributed by atoms with van der Waals surface area (Å²) in [7, 11) is -4.75. The van der Waals surface area contributed by atoms with E-state index in [2.05, 4.69) is 15.5 Å². The molecule has 0 aromatic heterocycles. The highest BCUT2D eigenvalue weighted by molar-refractivity contribution is 7.86. The second-order valence-electron chi connectivity index (χ2n) is 8.09. The summed E-state index contributed by atoms with van der Waals surface area (Å²) >= 11 is 12.2. The zero-order valence-electron chi connectivity index (χ0n) is 20.1. The summed E-state index contributed by atoms with van der Waals surface area (Å²) in [4.78, 5) is 12.6. The minimum absolute atomic E-state index is 0.0950. The number of azo groups is 1. The first-order valence-corrected chi connectivity index (χ1v) is 13.4. The first-order chi connectivity index (χ1) is 18.0. The zero-order valence-corrected chi connectivity index (χ0v) is 22.4. The van der Waals surface area contributed by atoms with Crippen molar-refractivity contribution in [2.75, 3.05) is 11.9 Å². The van der Waals surface area contributed by atoms with Crippen LogP contribution in [0.4, 0.5) is 17.1 Å². The Balaban J connectivity index is 1.84. The van der Waals surface area contributed by atoms with Crippen molar-refractivity contribution in [1.29, 1.82) is 0 Å². The molecule has 4 aromatic rings. The van der Waals surface area contributed by atoms with Crippen molar-refractivity contribution >= 4 is 67.1 Å². The molecule has 3 N–H and O–H groups in total. The van der Waals surface area contributed by atoms with Crippen LogP contribution in [0.2, 0.25) is 10.0 Å². The van der Waals surface area contributed by atoms with Crippen LogP contribution in [0.3, 0.4) is 0 Å². The molecule has 0 saturated carbocycles. The number of carbonyl (C=O) groups excluding carboxylic acids is 1. The van der Waals surface area contributed by atoms with Gasteiger partial charge in [0.15, 0.2) is 5.75 Å². The lowest BCUT2D eigenvalue weighted by atomic mass is 10.0. The van der Waals surface area contributed by atoms with E-state index in [0.717, 1.165) is 0 Å². The number of aromatic hydroxyl groups is 1. The number of aryl methyl sites for hydroxylation is 1. The molecule has 0 heterocycles. The van der Waals surface area contributed by atoms with Gasteiger partial charge in [0, 0.05) is 10.4 Å². The summed E-state index contributed by atoms with van der Waals surface area (Å²) in [5.74, 6) is -0.791. The van der Waals surface area contributed by atoms with Crippen LogP contribution in [0, 0.1) is 6.92 Å². The molecule has 1 amide bonds. The first kappa shape index (κ1) is 27.3. The maximum Gasteiger partial charge on any atom is 0.298 e. The molecule has 0 unspecified atom stereocenters. The van der Waals surface area contributed by atoms with Gasteiger partial charge < -0.3 is 15.2 Å². The average Bonchev–Trinajstić information content (AvgIpc) is 2.86. The molecule has 0 aliphatic heterocycles. The normalized spacial score (nSPS) is 11.7. The van der Waals surface area contributed by atoms with Crippen molar-refractivity contribution in [3.8, 4) is 11.5 Å². The number of rotatable bonds is 7.